The summed E-state index contributed by atoms with van der Waals surface area (Å²) in [6.45, 7) is 0.331. The maximum absolute atomic E-state index is 12.1. The fourth-order valence-corrected chi connectivity index (χ4v) is 2.39. The first-order valence-corrected chi connectivity index (χ1v) is 6.87. The van der Waals surface area contributed by atoms with Gasteiger partial charge in [0.05, 0.1) is 30.5 Å². The first-order valence-electron chi connectivity index (χ1n) is 6.87. The van der Waals surface area contributed by atoms with Gasteiger partial charge in [-0.1, -0.05) is 18.2 Å². The first kappa shape index (κ1) is 14.1. The van der Waals surface area contributed by atoms with Crippen molar-refractivity contribution in [1.82, 2.24) is 0 Å². The molecule has 5 heteroatoms. The molecule has 5 nitrogen and oxygen atoms in total. The lowest BCUT2D eigenvalue weighted by atomic mass is 10.1. The minimum Gasteiger partial charge on any atom is -0.482 e. The predicted molar refractivity (Wildman–Crippen MR) is 80.2 cm³/mol. The van der Waals surface area contributed by atoms with E-state index in [2.05, 4.69) is 6.07 Å². The van der Waals surface area contributed by atoms with Crippen molar-refractivity contribution in [3.63, 3.8) is 0 Å². The minimum absolute atomic E-state index is 0.0157. The third kappa shape index (κ3) is 2.65. The average molecular weight is 294 g/mol. The second-order valence-electron chi connectivity index (χ2n) is 5.04. The Hall–Kier alpha value is -2.84. The number of hydrogen-bond acceptors (Lipinski definition) is 4. The second-order valence-corrected chi connectivity index (χ2v) is 5.04. The summed E-state index contributed by atoms with van der Waals surface area (Å²) >= 11 is 0. The van der Waals surface area contributed by atoms with Gasteiger partial charge >= 0.3 is 0 Å². The predicted octanol–water partition coefficient (Wildman–Crippen LogP) is 1.98. The number of aliphatic hydroxyl groups is 1. The number of nitrogens with zero attached hydrogens (tertiary/aromatic N) is 2. The van der Waals surface area contributed by atoms with Crippen molar-refractivity contribution in [3.05, 3.63) is 59.2 Å². The molecule has 0 radical (unpaired) electrons. The average Bonchev–Trinajstić information content (AvgIpc) is 2.57. The molecule has 3 rings (SSSR count). The maximum atomic E-state index is 12.1. The fraction of sp³-hybridized carbons (Fsp3) is 0.176. The largest absolute Gasteiger partial charge is 0.482 e. The number of rotatable bonds is 3. The highest BCUT2D eigenvalue weighted by molar-refractivity contribution is 5.97. The number of aliphatic hydroxyl groups excluding tert-OH is 1. The third-order valence-corrected chi connectivity index (χ3v) is 3.57. The van der Waals surface area contributed by atoms with E-state index in [9.17, 15) is 9.90 Å². The van der Waals surface area contributed by atoms with Gasteiger partial charge in [-0.2, -0.15) is 5.26 Å². The molecule has 0 aromatic heterocycles. The van der Waals surface area contributed by atoms with E-state index in [0.29, 0.717) is 23.5 Å². The van der Waals surface area contributed by atoms with Gasteiger partial charge < -0.3 is 14.7 Å². The van der Waals surface area contributed by atoms with Crippen molar-refractivity contribution in [2.45, 2.75) is 13.2 Å². The Kier molecular flexibility index (Phi) is 3.77. The molecule has 110 valence electrons. The number of benzene rings is 2. The molecular formula is C17H14N2O3. The van der Waals surface area contributed by atoms with Crippen LogP contribution in [0.3, 0.4) is 0 Å². The Balaban J connectivity index is 1.90. The number of ether oxygens (including phenoxy) is 1. The van der Waals surface area contributed by atoms with Crippen molar-refractivity contribution in [2.24, 2.45) is 0 Å². The van der Waals surface area contributed by atoms with Crippen LogP contribution in [0.1, 0.15) is 16.7 Å². The Morgan fingerprint density at radius 3 is 2.59 bits per heavy atom. The Morgan fingerprint density at radius 1 is 1.18 bits per heavy atom. The maximum Gasteiger partial charge on any atom is 0.265 e. The number of amides is 1. The lowest BCUT2D eigenvalue weighted by Gasteiger charge is -2.29. The van der Waals surface area contributed by atoms with E-state index in [-0.39, 0.29) is 19.1 Å². The second kappa shape index (κ2) is 5.88. The summed E-state index contributed by atoms with van der Waals surface area (Å²) in [6.07, 6.45) is 0. The Labute approximate surface area is 128 Å². The molecule has 0 spiro atoms. The molecule has 2 aromatic carbocycles. The van der Waals surface area contributed by atoms with E-state index < -0.39 is 0 Å². The summed E-state index contributed by atoms with van der Waals surface area (Å²) in [6, 6.07) is 14.5. The molecule has 0 unspecified atom stereocenters. The van der Waals surface area contributed by atoms with Crippen LogP contribution < -0.4 is 9.64 Å². The number of hydrogen-bond donors (Lipinski definition) is 1. The zero-order valence-corrected chi connectivity index (χ0v) is 11.8. The molecule has 1 aliphatic rings. The molecule has 22 heavy (non-hydrogen) atoms. The summed E-state index contributed by atoms with van der Waals surface area (Å²) in [5.74, 6) is 0.480. The monoisotopic (exact) mass is 294 g/mol. The zero-order chi connectivity index (χ0) is 15.5. The van der Waals surface area contributed by atoms with Crippen LogP contribution in [0.15, 0.2) is 42.5 Å². The van der Waals surface area contributed by atoms with E-state index in [4.69, 9.17) is 10.00 Å². The normalized spacial score (nSPS) is 13.3. The van der Waals surface area contributed by atoms with E-state index in [1.165, 1.54) is 0 Å². The van der Waals surface area contributed by atoms with Crippen LogP contribution in [-0.2, 0) is 17.9 Å². The molecule has 0 fully saturated rings. The standard InChI is InChI=1S/C17H14N2O3/c18-8-12-1-3-13(4-2-12)9-19-15-6-5-14(10-20)7-16(15)22-11-17(19)21/h1-7,20H,9-11H2. The number of nitriles is 1. The summed E-state index contributed by atoms with van der Waals surface area (Å²) in [5.41, 5.74) is 2.96. The van der Waals surface area contributed by atoms with Crippen molar-refractivity contribution >= 4 is 11.6 Å². The van der Waals surface area contributed by atoms with Crippen LogP contribution in [-0.4, -0.2) is 17.6 Å². The topological polar surface area (TPSA) is 73.6 Å². The number of fused-ring (bicyclic) bond motifs is 1. The summed E-state index contributed by atoms with van der Waals surface area (Å²) in [7, 11) is 0. The smallest absolute Gasteiger partial charge is 0.265 e. The number of carbonyl (C=O) groups is 1. The molecule has 0 saturated heterocycles. The van der Waals surface area contributed by atoms with Crippen LogP contribution in [0, 0.1) is 11.3 Å². The zero-order valence-electron chi connectivity index (χ0n) is 11.8. The van der Waals surface area contributed by atoms with Crippen LogP contribution in [0.4, 0.5) is 5.69 Å². The van der Waals surface area contributed by atoms with Gasteiger partial charge in [-0.25, -0.2) is 0 Å². The molecule has 0 bridgehead atoms. The molecule has 1 aliphatic heterocycles. The summed E-state index contributed by atoms with van der Waals surface area (Å²) in [5, 5.41) is 18.0. The van der Waals surface area contributed by atoms with Gasteiger partial charge in [-0.15, -0.1) is 0 Å². The third-order valence-electron chi connectivity index (χ3n) is 3.57. The van der Waals surface area contributed by atoms with Gasteiger partial charge in [0, 0.05) is 0 Å². The molecule has 2 aromatic rings. The molecule has 0 saturated carbocycles. The number of anilines is 1. The van der Waals surface area contributed by atoms with Crippen molar-refractivity contribution in [3.8, 4) is 11.8 Å². The van der Waals surface area contributed by atoms with Crippen LogP contribution in [0.2, 0.25) is 0 Å². The van der Waals surface area contributed by atoms with E-state index in [0.717, 1.165) is 11.1 Å². The highest BCUT2D eigenvalue weighted by Gasteiger charge is 2.25. The lowest BCUT2D eigenvalue weighted by Crippen LogP contribution is -2.38. The quantitative estimate of drug-likeness (QED) is 0.939. The molecule has 1 heterocycles. The van der Waals surface area contributed by atoms with Crippen molar-refractivity contribution < 1.29 is 14.6 Å². The molecular weight excluding hydrogens is 280 g/mol. The van der Waals surface area contributed by atoms with Gasteiger partial charge in [0.25, 0.3) is 5.91 Å². The van der Waals surface area contributed by atoms with Crippen LogP contribution in [0.25, 0.3) is 0 Å². The van der Waals surface area contributed by atoms with E-state index in [1.807, 2.05) is 12.1 Å². The van der Waals surface area contributed by atoms with Crippen LogP contribution in [0.5, 0.6) is 5.75 Å². The SMILES string of the molecule is N#Cc1ccc(CN2C(=O)COc3cc(CO)ccc32)cc1. The minimum atomic E-state index is -0.117. The van der Waals surface area contributed by atoms with Gasteiger partial charge in [0.15, 0.2) is 6.61 Å². The molecule has 0 aliphatic carbocycles. The van der Waals surface area contributed by atoms with Crippen LogP contribution >= 0.6 is 0 Å². The van der Waals surface area contributed by atoms with Gasteiger partial charge in [-0.3, -0.25) is 4.79 Å². The number of carbonyl (C=O) groups excluding carboxylic acids is 1. The molecule has 1 N–H and O–H groups in total. The first-order chi connectivity index (χ1) is 10.7. The van der Waals surface area contributed by atoms with E-state index >= 15 is 0 Å². The molecule has 0 atom stereocenters. The van der Waals surface area contributed by atoms with E-state index in [1.54, 1.807) is 35.2 Å². The fourth-order valence-electron chi connectivity index (χ4n) is 2.39. The molecule has 1 amide bonds. The van der Waals surface area contributed by atoms with Gasteiger partial charge in [-0.05, 0) is 35.4 Å². The summed E-state index contributed by atoms with van der Waals surface area (Å²) < 4.78 is 5.44. The van der Waals surface area contributed by atoms with Gasteiger partial charge in [0.2, 0.25) is 0 Å². The highest BCUT2D eigenvalue weighted by Crippen LogP contribution is 2.34. The highest BCUT2D eigenvalue weighted by atomic mass is 16.5. The lowest BCUT2D eigenvalue weighted by molar-refractivity contribution is -0.121. The van der Waals surface area contributed by atoms with Crippen molar-refractivity contribution in [1.29, 1.82) is 5.26 Å². The van der Waals surface area contributed by atoms with Crippen molar-refractivity contribution in [2.75, 3.05) is 11.5 Å². The Bertz CT molecular complexity index is 747. The Morgan fingerprint density at radius 2 is 1.91 bits per heavy atom. The summed E-state index contributed by atoms with van der Waals surface area (Å²) in [4.78, 5) is 13.8. The van der Waals surface area contributed by atoms with Gasteiger partial charge in [0.1, 0.15) is 5.75 Å².